The summed E-state index contributed by atoms with van der Waals surface area (Å²) in [4.78, 5) is 0. The number of fused-ring (bicyclic) bond motifs is 2. The highest BCUT2D eigenvalue weighted by atomic mass is 32.2. The Morgan fingerprint density at radius 1 is 1.33 bits per heavy atom. The predicted octanol–water partition coefficient (Wildman–Crippen LogP) is 3.30. The second-order valence-corrected chi connectivity index (χ2v) is 6.73. The molecule has 0 aromatic rings. The van der Waals surface area contributed by atoms with Gasteiger partial charge in [-0.1, -0.05) is 13.3 Å². The monoisotopic (exact) mass is 227 g/mol. The minimum Gasteiger partial charge on any atom is -0.311 e. The van der Waals surface area contributed by atoms with Crippen LogP contribution in [0, 0.1) is 11.8 Å². The topological polar surface area (TPSA) is 12.0 Å². The largest absolute Gasteiger partial charge is 0.311 e. The summed E-state index contributed by atoms with van der Waals surface area (Å²) in [7, 11) is 0. The molecule has 1 N–H and O–H groups in total. The molecule has 2 aliphatic rings. The minimum absolute atomic E-state index is 0.730. The Balaban J connectivity index is 1.64. The highest BCUT2D eigenvalue weighted by Gasteiger charge is 2.39. The lowest BCUT2D eigenvalue weighted by Gasteiger charge is -2.26. The van der Waals surface area contributed by atoms with E-state index in [9.17, 15) is 0 Å². The lowest BCUT2D eigenvalue weighted by Crippen LogP contribution is -2.40. The lowest BCUT2D eigenvalue weighted by molar-refractivity contribution is 0.322. The van der Waals surface area contributed by atoms with Gasteiger partial charge >= 0.3 is 0 Å². The van der Waals surface area contributed by atoms with Crippen molar-refractivity contribution in [2.45, 2.75) is 58.0 Å². The fourth-order valence-electron chi connectivity index (χ4n) is 3.30. The molecule has 2 bridgehead atoms. The molecule has 2 saturated carbocycles. The Labute approximate surface area is 98.8 Å². The molecule has 0 saturated heterocycles. The maximum atomic E-state index is 3.86. The highest BCUT2D eigenvalue weighted by Crippen LogP contribution is 2.44. The summed E-state index contributed by atoms with van der Waals surface area (Å²) in [6.07, 6.45) is 7.35. The third kappa shape index (κ3) is 3.13. The fourth-order valence-corrected chi connectivity index (χ4v) is 4.11. The molecule has 2 fully saturated rings. The second kappa shape index (κ2) is 5.58. The van der Waals surface area contributed by atoms with Crippen molar-refractivity contribution in [1.82, 2.24) is 5.32 Å². The molecule has 2 rings (SSSR count). The van der Waals surface area contributed by atoms with Gasteiger partial charge in [0.05, 0.1) is 0 Å². The molecule has 1 nitrogen and oxygen atoms in total. The molecule has 0 radical (unpaired) electrons. The van der Waals surface area contributed by atoms with Crippen LogP contribution < -0.4 is 5.32 Å². The van der Waals surface area contributed by atoms with Crippen LogP contribution >= 0.6 is 11.8 Å². The SMILES string of the molecule is CCSCCC(C)NC1CC2CCC1C2. The van der Waals surface area contributed by atoms with E-state index < -0.39 is 0 Å². The van der Waals surface area contributed by atoms with Crippen molar-refractivity contribution in [3.63, 3.8) is 0 Å². The van der Waals surface area contributed by atoms with E-state index in [-0.39, 0.29) is 0 Å². The second-order valence-electron chi connectivity index (χ2n) is 5.33. The van der Waals surface area contributed by atoms with Crippen molar-refractivity contribution < 1.29 is 0 Å². The maximum absolute atomic E-state index is 3.86. The third-order valence-electron chi connectivity index (χ3n) is 4.14. The van der Waals surface area contributed by atoms with Gasteiger partial charge in [-0.2, -0.15) is 11.8 Å². The van der Waals surface area contributed by atoms with E-state index in [1.165, 1.54) is 43.6 Å². The zero-order chi connectivity index (χ0) is 10.7. The molecular weight excluding hydrogens is 202 g/mol. The van der Waals surface area contributed by atoms with E-state index in [1.807, 2.05) is 0 Å². The van der Waals surface area contributed by atoms with Gasteiger partial charge in [0.1, 0.15) is 0 Å². The Kier molecular flexibility index (Phi) is 4.39. The van der Waals surface area contributed by atoms with E-state index >= 15 is 0 Å². The average Bonchev–Trinajstić information content (AvgIpc) is 2.79. The van der Waals surface area contributed by atoms with Crippen LogP contribution in [-0.4, -0.2) is 23.6 Å². The van der Waals surface area contributed by atoms with Crippen LogP contribution in [0.1, 0.15) is 46.0 Å². The van der Waals surface area contributed by atoms with Crippen LogP contribution in [0.5, 0.6) is 0 Å². The molecule has 4 unspecified atom stereocenters. The van der Waals surface area contributed by atoms with Gasteiger partial charge in [-0.3, -0.25) is 0 Å². The first kappa shape index (κ1) is 11.8. The molecule has 88 valence electrons. The highest BCUT2D eigenvalue weighted by molar-refractivity contribution is 7.99. The molecule has 15 heavy (non-hydrogen) atoms. The van der Waals surface area contributed by atoms with Crippen LogP contribution in [-0.2, 0) is 0 Å². The van der Waals surface area contributed by atoms with Gasteiger partial charge in [-0.25, -0.2) is 0 Å². The normalized spacial score (nSPS) is 36.0. The van der Waals surface area contributed by atoms with E-state index in [0.717, 1.165) is 23.9 Å². The van der Waals surface area contributed by atoms with E-state index in [0.29, 0.717) is 0 Å². The number of thioether (sulfide) groups is 1. The molecule has 0 amide bonds. The number of hydrogen-bond donors (Lipinski definition) is 1. The van der Waals surface area contributed by atoms with Crippen LogP contribution in [0.2, 0.25) is 0 Å². The Hall–Kier alpha value is 0.310. The van der Waals surface area contributed by atoms with Gasteiger partial charge in [0.15, 0.2) is 0 Å². The average molecular weight is 227 g/mol. The zero-order valence-electron chi connectivity index (χ0n) is 10.2. The quantitative estimate of drug-likeness (QED) is 0.699. The van der Waals surface area contributed by atoms with Gasteiger partial charge in [-0.05, 0) is 55.9 Å². The fraction of sp³-hybridized carbons (Fsp3) is 1.00. The van der Waals surface area contributed by atoms with Crippen molar-refractivity contribution in [2.75, 3.05) is 11.5 Å². The van der Waals surface area contributed by atoms with Crippen LogP contribution in [0.25, 0.3) is 0 Å². The Morgan fingerprint density at radius 3 is 2.80 bits per heavy atom. The van der Waals surface area contributed by atoms with Crippen LogP contribution in [0.3, 0.4) is 0 Å². The molecule has 2 aliphatic carbocycles. The zero-order valence-corrected chi connectivity index (χ0v) is 11.0. The summed E-state index contributed by atoms with van der Waals surface area (Å²) in [5.41, 5.74) is 0. The first-order chi connectivity index (χ1) is 7.29. The van der Waals surface area contributed by atoms with Gasteiger partial charge in [0, 0.05) is 12.1 Å². The van der Waals surface area contributed by atoms with Gasteiger partial charge in [-0.15, -0.1) is 0 Å². The number of nitrogens with one attached hydrogen (secondary N) is 1. The summed E-state index contributed by atoms with van der Waals surface area (Å²) in [5.74, 6) is 4.69. The van der Waals surface area contributed by atoms with Crippen molar-refractivity contribution in [1.29, 1.82) is 0 Å². The summed E-state index contributed by atoms with van der Waals surface area (Å²) in [6.45, 7) is 4.61. The van der Waals surface area contributed by atoms with Gasteiger partial charge in [0.2, 0.25) is 0 Å². The van der Waals surface area contributed by atoms with Crippen molar-refractivity contribution >= 4 is 11.8 Å². The molecule has 0 aromatic heterocycles. The summed E-state index contributed by atoms with van der Waals surface area (Å²) >= 11 is 2.07. The Morgan fingerprint density at radius 2 is 2.20 bits per heavy atom. The number of rotatable bonds is 6. The van der Waals surface area contributed by atoms with E-state index in [4.69, 9.17) is 0 Å². The maximum Gasteiger partial charge on any atom is 0.0100 e. The van der Waals surface area contributed by atoms with Gasteiger partial charge < -0.3 is 5.32 Å². The molecule has 0 aliphatic heterocycles. The van der Waals surface area contributed by atoms with Crippen LogP contribution in [0.4, 0.5) is 0 Å². The summed E-state index contributed by atoms with van der Waals surface area (Å²) in [6, 6.07) is 1.60. The standard InChI is InChI=1S/C13H25NS/c1-3-15-7-6-10(2)14-13-9-11-4-5-12(13)8-11/h10-14H,3-9H2,1-2H3. The molecule has 0 heterocycles. The summed E-state index contributed by atoms with van der Waals surface area (Å²) in [5, 5.41) is 3.86. The number of hydrogen-bond acceptors (Lipinski definition) is 2. The van der Waals surface area contributed by atoms with E-state index in [1.54, 1.807) is 0 Å². The molecular formula is C13H25NS. The van der Waals surface area contributed by atoms with E-state index in [2.05, 4.69) is 30.9 Å². The Bertz CT molecular complexity index is 195. The molecule has 4 atom stereocenters. The molecule has 0 spiro atoms. The minimum atomic E-state index is 0.730. The van der Waals surface area contributed by atoms with Crippen molar-refractivity contribution in [3.8, 4) is 0 Å². The molecule has 2 heteroatoms. The van der Waals surface area contributed by atoms with Crippen molar-refractivity contribution in [3.05, 3.63) is 0 Å². The summed E-state index contributed by atoms with van der Waals surface area (Å²) < 4.78 is 0. The first-order valence-electron chi connectivity index (χ1n) is 6.63. The predicted molar refractivity (Wildman–Crippen MR) is 69.4 cm³/mol. The van der Waals surface area contributed by atoms with Crippen LogP contribution in [0.15, 0.2) is 0 Å². The van der Waals surface area contributed by atoms with Crippen molar-refractivity contribution in [2.24, 2.45) is 11.8 Å². The van der Waals surface area contributed by atoms with Gasteiger partial charge in [0.25, 0.3) is 0 Å². The lowest BCUT2D eigenvalue weighted by atomic mass is 9.94. The third-order valence-corrected chi connectivity index (χ3v) is 5.07. The smallest absolute Gasteiger partial charge is 0.0100 e. The first-order valence-corrected chi connectivity index (χ1v) is 7.78. The molecule has 0 aromatic carbocycles.